The van der Waals surface area contributed by atoms with Gasteiger partial charge in [-0.2, -0.15) is 8.62 Å². The fourth-order valence-electron chi connectivity index (χ4n) is 4.26. The molecule has 0 aliphatic carbocycles. The van der Waals surface area contributed by atoms with Crippen molar-refractivity contribution in [2.24, 2.45) is 0 Å². The molecule has 1 saturated heterocycles. The molecule has 0 bridgehead atoms. The van der Waals surface area contributed by atoms with Crippen LogP contribution in [0, 0.1) is 11.8 Å². The summed E-state index contributed by atoms with van der Waals surface area (Å²) in [5.74, 6) is 5.08. The molecule has 1 aromatic heterocycles. The van der Waals surface area contributed by atoms with E-state index in [4.69, 9.17) is 38.0 Å². The normalized spacial score (nSPS) is 19.4. The summed E-state index contributed by atoms with van der Waals surface area (Å²) in [7, 11) is -11.0. The van der Waals surface area contributed by atoms with Crippen LogP contribution in [-0.4, -0.2) is 103 Å². The van der Waals surface area contributed by atoms with E-state index in [0.29, 0.717) is 38.4 Å². The summed E-state index contributed by atoms with van der Waals surface area (Å²) in [4.78, 5) is 87.1. The number of phosphoric ester groups is 1. The molecule has 21 nitrogen and oxygen atoms in total. The SMILES string of the molecule is CSSCO[C@H]1C[C@H](n2cc(C#CCCC(=O)OCCCCOCSSC(C)(C)CCOC(C)=O)c(=O)[nH]c2=O)O[C@@H]1COP(=O)(O)OP(=O)(O)OP(=O)(O)O. The Kier molecular flexibility index (Phi) is 22.6. The molecule has 2 unspecified atom stereocenters. The molecule has 2 heterocycles. The Morgan fingerprint density at radius 1 is 1.02 bits per heavy atom. The Morgan fingerprint density at radius 3 is 2.41 bits per heavy atom. The zero-order chi connectivity index (χ0) is 42.0. The number of phosphoric acid groups is 3. The molecule has 0 amide bonds. The summed E-state index contributed by atoms with van der Waals surface area (Å²) < 4.78 is 75.2. The maximum atomic E-state index is 12.7. The number of carbonyl (C=O) groups is 2. The van der Waals surface area contributed by atoms with Crippen molar-refractivity contribution < 1.29 is 79.7 Å². The third-order valence-electron chi connectivity index (χ3n) is 6.77. The topological polar surface area (TPSA) is 295 Å². The van der Waals surface area contributed by atoms with E-state index in [2.05, 4.69) is 39.3 Å². The summed E-state index contributed by atoms with van der Waals surface area (Å²) in [6, 6.07) is 0. The average molecular weight is 935 g/mol. The molecular weight excluding hydrogens is 889 g/mol. The molecule has 28 heteroatoms. The Bertz CT molecular complexity index is 1760. The predicted octanol–water partition coefficient (Wildman–Crippen LogP) is 4.06. The first-order valence-corrected chi connectivity index (χ1v) is 25.9. The lowest BCUT2D eigenvalue weighted by Gasteiger charge is -2.22. The van der Waals surface area contributed by atoms with Crippen LogP contribution in [0.3, 0.4) is 0 Å². The molecule has 2 rings (SSSR count). The number of ether oxygens (including phenoxy) is 5. The first-order valence-electron chi connectivity index (χ1n) is 16.3. The average Bonchev–Trinajstić information content (AvgIpc) is 3.46. The van der Waals surface area contributed by atoms with Gasteiger partial charge >= 0.3 is 41.1 Å². The van der Waals surface area contributed by atoms with Crippen molar-refractivity contribution in [1.29, 1.82) is 0 Å². The number of hydrogen-bond acceptors (Lipinski definition) is 19. The van der Waals surface area contributed by atoms with Gasteiger partial charge in [-0.05, 0) is 39.4 Å². The zero-order valence-corrected chi connectivity index (χ0v) is 36.6. The number of unbranched alkanes of at least 4 members (excludes halogenated alkanes) is 1. The van der Waals surface area contributed by atoms with Crippen LogP contribution in [0.5, 0.6) is 0 Å². The maximum absolute atomic E-state index is 12.7. The summed E-state index contributed by atoms with van der Waals surface area (Å²) >= 11 is 0. The number of hydrogen-bond donors (Lipinski definition) is 5. The highest BCUT2D eigenvalue weighted by Gasteiger charge is 2.43. The van der Waals surface area contributed by atoms with E-state index < -0.39 is 65.7 Å². The lowest BCUT2D eigenvalue weighted by atomic mass is 10.1. The Labute approximate surface area is 338 Å². The molecule has 0 aromatic carbocycles. The molecule has 1 aromatic rings. The van der Waals surface area contributed by atoms with Gasteiger partial charge in [0.05, 0.1) is 32.3 Å². The van der Waals surface area contributed by atoms with Crippen molar-refractivity contribution in [2.75, 3.05) is 44.6 Å². The number of nitrogens with zero attached hydrogens (tertiary/aromatic N) is 1. The van der Waals surface area contributed by atoms with Gasteiger partial charge in [0, 0.05) is 37.3 Å². The molecule has 320 valence electrons. The second-order valence-corrected chi connectivity index (χ2v) is 21.8. The van der Waals surface area contributed by atoms with Gasteiger partial charge in [-0.3, -0.25) is 28.5 Å². The van der Waals surface area contributed by atoms with Gasteiger partial charge in [-0.1, -0.05) is 55.0 Å². The van der Waals surface area contributed by atoms with Gasteiger partial charge in [0.25, 0.3) is 5.56 Å². The Balaban J connectivity index is 1.86. The largest absolute Gasteiger partial charge is 0.490 e. The zero-order valence-electron chi connectivity index (χ0n) is 30.6. The highest BCUT2D eigenvalue weighted by atomic mass is 33.1. The van der Waals surface area contributed by atoms with Gasteiger partial charge in [-0.15, -0.1) is 0 Å². The van der Waals surface area contributed by atoms with Crippen LogP contribution in [-0.2, 0) is 60.1 Å². The number of aromatic amines is 1. The van der Waals surface area contributed by atoms with Gasteiger partial charge in [-0.25, -0.2) is 18.5 Å². The number of H-pyrrole nitrogens is 1. The van der Waals surface area contributed by atoms with Crippen LogP contribution in [0.2, 0.25) is 0 Å². The van der Waals surface area contributed by atoms with Crippen molar-refractivity contribution in [3.63, 3.8) is 0 Å². The predicted molar refractivity (Wildman–Crippen MR) is 208 cm³/mol. The van der Waals surface area contributed by atoms with Crippen LogP contribution >= 0.6 is 66.6 Å². The molecule has 1 aliphatic heterocycles. The maximum Gasteiger partial charge on any atom is 0.490 e. The lowest BCUT2D eigenvalue weighted by molar-refractivity contribution is -0.144. The summed E-state index contributed by atoms with van der Waals surface area (Å²) in [6.45, 7) is 5.69. The number of carbonyl (C=O) groups excluding carboxylic acids is 2. The molecule has 1 fully saturated rings. The van der Waals surface area contributed by atoms with Crippen LogP contribution in [0.1, 0.15) is 71.1 Å². The van der Waals surface area contributed by atoms with Crippen molar-refractivity contribution in [3.05, 3.63) is 32.6 Å². The highest BCUT2D eigenvalue weighted by molar-refractivity contribution is 8.77. The second-order valence-electron chi connectivity index (χ2n) is 11.9. The van der Waals surface area contributed by atoms with Gasteiger partial charge in [0.1, 0.15) is 29.8 Å². The minimum atomic E-state index is -5.76. The third kappa shape index (κ3) is 21.8. The van der Waals surface area contributed by atoms with E-state index in [-0.39, 0.29) is 48.1 Å². The molecular formula is C28H45N2O19P3S4. The monoisotopic (exact) mass is 934 g/mol. The van der Waals surface area contributed by atoms with Crippen molar-refractivity contribution in [3.8, 4) is 11.8 Å². The summed E-state index contributed by atoms with van der Waals surface area (Å²) in [5, 5.41) is 0. The molecule has 0 spiro atoms. The van der Waals surface area contributed by atoms with E-state index in [1.54, 1.807) is 27.8 Å². The molecule has 1 aliphatic rings. The quantitative estimate of drug-likeness (QED) is 0.0218. The van der Waals surface area contributed by atoms with Crippen molar-refractivity contribution >= 4 is 78.6 Å². The second kappa shape index (κ2) is 24.8. The van der Waals surface area contributed by atoms with Crippen LogP contribution in [0.4, 0.5) is 0 Å². The van der Waals surface area contributed by atoms with Gasteiger partial charge in [0.15, 0.2) is 0 Å². The molecule has 0 saturated carbocycles. The number of nitrogens with one attached hydrogen (secondary N) is 1. The van der Waals surface area contributed by atoms with Crippen molar-refractivity contribution in [2.45, 2.75) is 82.5 Å². The fraction of sp³-hybridized carbons (Fsp3) is 0.714. The van der Waals surface area contributed by atoms with Crippen LogP contribution < -0.4 is 11.2 Å². The lowest BCUT2D eigenvalue weighted by Crippen LogP contribution is -2.33. The van der Waals surface area contributed by atoms with E-state index >= 15 is 0 Å². The number of aromatic nitrogens is 2. The van der Waals surface area contributed by atoms with E-state index in [0.717, 1.165) is 10.8 Å². The number of rotatable bonds is 26. The molecule has 5 atom stereocenters. The van der Waals surface area contributed by atoms with Crippen molar-refractivity contribution in [1.82, 2.24) is 9.55 Å². The molecule has 5 N–H and O–H groups in total. The minimum absolute atomic E-state index is 0.0399. The molecule has 0 radical (unpaired) electrons. The van der Waals surface area contributed by atoms with E-state index in [9.17, 15) is 42.7 Å². The smallest absolute Gasteiger partial charge is 0.466 e. The first-order chi connectivity index (χ1) is 26.1. The third-order valence-corrected chi connectivity index (χ3v) is 15.1. The van der Waals surface area contributed by atoms with Crippen LogP contribution in [0.15, 0.2) is 15.8 Å². The number of esters is 2. The van der Waals surface area contributed by atoms with Gasteiger partial charge in [0.2, 0.25) is 0 Å². The summed E-state index contributed by atoms with van der Waals surface area (Å²) in [5.41, 5.74) is -1.84. The van der Waals surface area contributed by atoms with Gasteiger partial charge < -0.3 is 43.3 Å². The molecule has 56 heavy (non-hydrogen) atoms. The van der Waals surface area contributed by atoms with E-state index in [1.807, 2.05) is 0 Å². The van der Waals surface area contributed by atoms with E-state index in [1.165, 1.54) is 28.5 Å². The summed E-state index contributed by atoms with van der Waals surface area (Å²) in [6.07, 6.45) is 1.59. The Hall–Kier alpha value is -1.13. The highest BCUT2D eigenvalue weighted by Crippen LogP contribution is 2.66. The fourth-order valence-corrected chi connectivity index (χ4v) is 10.4. The first kappa shape index (κ1) is 51.0. The minimum Gasteiger partial charge on any atom is -0.466 e. The Morgan fingerprint density at radius 2 is 1.73 bits per heavy atom. The standard InChI is InChI=1S/C28H45N2O19P3S4/c1-20(31)43-14-11-28(2,3)56-55-18-42-12-7-8-13-44-25(32)10-6-5-9-21-16-30(27(34)29-26(21)33)24-15-22(45-19-54-53-4)23(47-24)17-46-51(38,39)49-52(40,41)48-50(35,36)37/h16,22-24H,6-8,10-15,17-19H2,1-4H3,(H,38,39)(H,40,41)(H,29,33,34)(H2,35,36,37)/t22-,23+,24+/m0/s1. The van der Waals surface area contributed by atoms with Crippen LogP contribution in [0.25, 0.3) is 0 Å².